The van der Waals surface area contributed by atoms with E-state index >= 15 is 0 Å². The molecule has 0 aromatic carbocycles. The van der Waals surface area contributed by atoms with Crippen LogP contribution in [0.2, 0.25) is 0 Å². The van der Waals surface area contributed by atoms with Gasteiger partial charge in [-0.05, 0) is 25.0 Å². The fourth-order valence-electron chi connectivity index (χ4n) is 1.17. The molecule has 1 saturated carbocycles. The van der Waals surface area contributed by atoms with Gasteiger partial charge in [0, 0.05) is 12.5 Å². The molecule has 1 aliphatic carbocycles. The van der Waals surface area contributed by atoms with Gasteiger partial charge in [-0.2, -0.15) is 0 Å². The van der Waals surface area contributed by atoms with Crippen molar-refractivity contribution in [3.63, 3.8) is 0 Å². The van der Waals surface area contributed by atoms with Crippen LogP contribution < -0.4 is 5.32 Å². The smallest absolute Gasteiger partial charge is 0.287 e. The molecule has 3 nitrogen and oxygen atoms in total. The first-order valence-corrected chi connectivity index (χ1v) is 4.69. The zero-order chi connectivity index (χ0) is 9.26. The van der Waals surface area contributed by atoms with Crippen molar-refractivity contribution in [3.05, 3.63) is 23.7 Å². The van der Waals surface area contributed by atoms with Crippen LogP contribution in [-0.4, -0.2) is 11.9 Å². The molecule has 1 aliphatic rings. The van der Waals surface area contributed by atoms with Gasteiger partial charge in [0.2, 0.25) is 0 Å². The number of hydrogen-bond acceptors (Lipinski definition) is 2. The molecule has 70 valence electrons. The molecule has 1 N–H and O–H groups in total. The van der Waals surface area contributed by atoms with Crippen LogP contribution in [0.25, 0.3) is 0 Å². The van der Waals surface area contributed by atoms with E-state index in [-0.39, 0.29) is 5.91 Å². The molecule has 0 bridgehead atoms. The zero-order valence-corrected chi connectivity index (χ0v) is 7.67. The SMILES string of the molecule is CCc1ccc(C(=O)NC2CC2)o1. The number of nitrogens with one attached hydrogen (secondary N) is 1. The van der Waals surface area contributed by atoms with E-state index in [1.807, 2.05) is 13.0 Å². The van der Waals surface area contributed by atoms with Crippen LogP contribution in [0.5, 0.6) is 0 Å². The highest BCUT2D eigenvalue weighted by molar-refractivity contribution is 5.91. The summed E-state index contributed by atoms with van der Waals surface area (Å²) in [5.74, 6) is 1.21. The summed E-state index contributed by atoms with van der Waals surface area (Å²) in [6, 6.07) is 3.97. The fraction of sp³-hybridized carbons (Fsp3) is 0.500. The van der Waals surface area contributed by atoms with E-state index in [2.05, 4.69) is 5.32 Å². The van der Waals surface area contributed by atoms with Crippen molar-refractivity contribution in [2.24, 2.45) is 0 Å². The van der Waals surface area contributed by atoms with Gasteiger partial charge in [0.15, 0.2) is 5.76 Å². The molecule has 1 amide bonds. The number of rotatable bonds is 3. The largest absolute Gasteiger partial charge is 0.456 e. The Labute approximate surface area is 77.1 Å². The summed E-state index contributed by atoms with van der Waals surface area (Å²) >= 11 is 0. The lowest BCUT2D eigenvalue weighted by Crippen LogP contribution is -2.24. The molecule has 1 fully saturated rings. The molecule has 2 rings (SSSR count). The molecule has 0 spiro atoms. The van der Waals surface area contributed by atoms with E-state index in [0.717, 1.165) is 25.0 Å². The normalized spacial score (nSPS) is 15.8. The monoisotopic (exact) mass is 179 g/mol. The van der Waals surface area contributed by atoms with Crippen LogP contribution in [0.4, 0.5) is 0 Å². The Morgan fingerprint density at radius 2 is 2.38 bits per heavy atom. The van der Waals surface area contributed by atoms with Crippen molar-refractivity contribution in [1.82, 2.24) is 5.32 Å². The van der Waals surface area contributed by atoms with Crippen molar-refractivity contribution >= 4 is 5.91 Å². The standard InChI is InChI=1S/C10H13NO2/c1-2-8-5-6-9(13-8)10(12)11-7-3-4-7/h5-7H,2-4H2,1H3,(H,11,12). The Kier molecular flexibility index (Phi) is 2.08. The predicted octanol–water partition coefficient (Wildman–Crippen LogP) is 1.73. The van der Waals surface area contributed by atoms with Gasteiger partial charge in [0.05, 0.1) is 0 Å². The minimum absolute atomic E-state index is 0.0813. The molecule has 0 saturated heterocycles. The average molecular weight is 179 g/mol. The second-order valence-corrected chi connectivity index (χ2v) is 3.37. The highest BCUT2D eigenvalue weighted by Crippen LogP contribution is 2.19. The van der Waals surface area contributed by atoms with Crippen molar-refractivity contribution < 1.29 is 9.21 Å². The average Bonchev–Trinajstić information content (AvgIpc) is 2.82. The summed E-state index contributed by atoms with van der Waals surface area (Å²) in [4.78, 5) is 11.4. The van der Waals surface area contributed by atoms with Gasteiger partial charge in [-0.1, -0.05) is 6.92 Å². The minimum atomic E-state index is -0.0813. The van der Waals surface area contributed by atoms with Crippen LogP contribution in [0.15, 0.2) is 16.5 Å². The van der Waals surface area contributed by atoms with Gasteiger partial charge in [0.25, 0.3) is 5.91 Å². The highest BCUT2D eigenvalue weighted by Gasteiger charge is 2.24. The number of carbonyl (C=O) groups is 1. The maximum absolute atomic E-state index is 11.4. The van der Waals surface area contributed by atoms with Crippen molar-refractivity contribution in [1.29, 1.82) is 0 Å². The summed E-state index contributed by atoms with van der Waals surface area (Å²) < 4.78 is 5.31. The van der Waals surface area contributed by atoms with E-state index < -0.39 is 0 Å². The molecule has 0 unspecified atom stereocenters. The number of carbonyl (C=O) groups excluding carboxylic acids is 1. The third-order valence-corrected chi connectivity index (χ3v) is 2.15. The molecule has 1 heterocycles. The summed E-state index contributed by atoms with van der Waals surface area (Å²) in [5, 5.41) is 2.87. The van der Waals surface area contributed by atoms with Crippen LogP contribution in [-0.2, 0) is 6.42 Å². The van der Waals surface area contributed by atoms with Gasteiger partial charge in [-0.3, -0.25) is 4.79 Å². The maximum Gasteiger partial charge on any atom is 0.287 e. The fourth-order valence-corrected chi connectivity index (χ4v) is 1.17. The van der Waals surface area contributed by atoms with Gasteiger partial charge >= 0.3 is 0 Å². The van der Waals surface area contributed by atoms with Gasteiger partial charge < -0.3 is 9.73 Å². The number of hydrogen-bond donors (Lipinski definition) is 1. The molecule has 0 radical (unpaired) electrons. The van der Waals surface area contributed by atoms with Crippen molar-refractivity contribution in [2.75, 3.05) is 0 Å². The lowest BCUT2D eigenvalue weighted by Gasteiger charge is -1.98. The second-order valence-electron chi connectivity index (χ2n) is 3.37. The first kappa shape index (κ1) is 8.35. The second kappa shape index (κ2) is 3.24. The van der Waals surface area contributed by atoms with Gasteiger partial charge in [0.1, 0.15) is 5.76 Å². The predicted molar refractivity (Wildman–Crippen MR) is 48.6 cm³/mol. The van der Waals surface area contributed by atoms with E-state index in [1.54, 1.807) is 6.07 Å². The van der Waals surface area contributed by atoms with Crippen LogP contribution >= 0.6 is 0 Å². The Bertz CT molecular complexity index is 312. The molecule has 1 aromatic rings. The lowest BCUT2D eigenvalue weighted by atomic mass is 10.3. The van der Waals surface area contributed by atoms with Crippen molar-refractivity contribution in [3.8, 4) is 0 Å². The number of amides is 1. The van der Waals surface area contributed by atoms with E-state index in [0.29, 0.717) is 11.8 Å². The Hall–Kier alpha value is -1.25. The minimum Gasteiger partial charge on any atom is -0.456 e. The summed E-state index contributed by atoms with van der Waals surface area (Å²) in [5.41, 5.74) is 0. The van der Waals surface area contributed by atoms with Gasteiger partial charge in [-0.15, -0.1) is 0 Å². The van der Waals surface area contributed by atoms with Gasteiger partial charge in [-0.25, -0.2) is 0 Å². The van der Waals surface area contributed by atoms with Crippen LogP contribution in [0, 0.1) is 0 Å². The Balaban J connectivity index is 2.01. The van der Waals surface area contributed by atoms with E-state index in [4.69, 9.17) is 4.42 Å². The Morgan fingerprint density at radius 1 is 1.62 bits per heavy atom. The van der Waals surface area contributed by atoms with Crippen molar-refractivity contribution in [2.45, 2.75) is 32.2 Å². The van der Waals surface area contributed by atoms with Crippen LogP contribution in [0.3, 0.4) is 0 Å². The lowest BCUT2D eigenvalue weighted by molar-refractivity contribution is 0.0921. The van der Waals surface area contributed by atoms with E-state index in [9.17, 15) is 4.79 Å². The highest BCUT2D eigenvalue weighted by atomic mass is 16.3. The maximum atomic E-state index is 11.4. The summed E-state index contributed by atoms with van der Waals surface area (Å²) in [6.45, 7) is 2.00. The van der Waals surface area contributed by atoms with Crippen LogP contribution in [0.1, 0.15) is 36.1 Å². The first-order chi connectivity index (χ1) is 6.29. The number of aryl methyl sites for hydroxylation is 1. The number of furan rings is 1. The first-order valence-electron chi connectivity index (χ1n) is 4.69. The summed E-state index contributed by atoms with van der Waals surface area (Å²) in [7, 11) is 0. The molecular weight excluding hydrogens is 166 g/mol. The molecule has 0 atom stereocenters. The topological polar surface area (TPSA) is 42.2 Å². The molecular formula is C10H13NO2. The zero-order valence-electron chi connectivity index (χ0n) is 7.67. The third-order valence-electron chi connectivity index (χ3n) is 2.15. The van der Waals surface area contributed by atoms with E-state index in [1.165, 1.54) is 0 Å². The molecule has 1 aromatic heterocycles. The third kappa shape index (κ3) is 1.91. The summed E-state index contributed by atoms with van der Waals surface area (Å²) in [6.07, 6.45) is 3.04. The quantitative estimate of drug-likeness (QED) is 0.767. The molecule has 13 heavy (non-hydrogen) atoms. The Morgan fingerprint density at radius 3 is 2.92 bits per heavy atom. The molecule has 3 heteroatoms. The molecule has 0 aliphatic heterocycles.